The van der Waals surface area contributed by atoms with Crippen LogP contribution in [-0.2, 0) is 6.18 Å². The summed E-state index contributed by atoms with van der Waals surface area (Å²) in [6.45, 7) is 2.06. The zero-order valence-electron chi connectivity index (χ0n) is 17.3. The average molecular weight is 462 g/mol. The van der Waals surface area contributed by atoms with E-state index in [-0.39, 0.29) is 34.9 Å². The Bertz CT molecular complexity index is 1200. The van der Waals surface area contributed by atoms with E-state index < -0.39 is 29.6 Å². The molecular weight excluding hydrogens is 444 g/mol. The molecule has 0 N–H and O–H groups in total. The lowest BCUT2D eigenvalue weighted by Crippen LogP contribution is -2.47. The Hall–Kier alpha value is -3.50. The van der Waals surface area contributed by atoms with E-state index in [1.54, 1.807) is 11.8 Å². The standard InChI is InChI=1S/C22H18F4N4O3/c1-11-28-20(33-29-11)19-14(3-2-4-15(19)23)21(31)30-10-12-7-16(30)17(8-12)32-18-6-5-13(9-27-18)22(24,25)26/h2-6,9,12,16-17H,7-8,10H2,1H3/t12-,16+,17-/m1/s1. The Morgan fingerprint density at radius 3 is 2.67 bits per heavy atom. The first-order valence-corrected chi connectivity index (χ1v) is 10.3. The summed E-state index contributed by atoms with van der Waals surface area (Å²) in [4.78, 5) is 22.8. The molecule has 2 bridgehead atoms. The molecule has 1 aliphatic heterocycles. The average Bonchev–Trinajstić information content (AvgIpc) is 3.48. The molecule has 5 rings (SSSR count). The molecule has 1 amide bonds. The number of rotatable bonds is 4. The highest BCUT2D eigenvalue weighted by atomic mass is 19.4. The lowest BCUT2D eigenvalue weighted by atomic mass is 10.0. The Kier molecular flexibility index (Phi) is 5.06. The van der Waals surface area contributed by atoms with E-state index in [0.29, 0.717) is 25.2 Å². The summed E-state index contributed by atoms with van der Waals surface area (Å²) in [6, 6.07) is 5.91. The number of piperidine rings is 1. The van der Waals surface area contributed by atoms with Crippen molar-refractivity contribution in [3.63, 3.8) is 0 Å². The van der Waals surface area contributed by atoms with Gasteiger partial charge in [0.1, 0.15) is 11.9 Å². The van der Waals surface area contributed by atoms with Crippen molar-refractivity contribution in [3.05, 3.63) is 59.3 Å². The van der Waals surface area contributed by atoms with E-state index in [4.69, 9.17) is 9.26 Å². The van der Waals surface area contributed by atoms with Gasteiger partial charge in [-0.15, -0.1) is 0 Å². The third-order valence-electron chi connectivity index (χ3n) is 6.01. The van der Waals surface area contributed by atoms with E-state index in [2.05, 4.69) is 15.1 Å². The van der Waals surface area contributed by atoms with Gasteiger partial charge in [0.15, 0.2) is 5.82 Å². The molecule has 1 saturated carbocycles. The number of hydrogen-bond donors (Lipinski definition) is 0. The number of carbonyl (C=O) groups excluding carboxylic acids is 1. The molecule has 0 unspecified atom stereocenters. The fraction of sp³-hybridized carbons (Fsp3) is 0.364. The molecule has 2 aliphatic rings. The van der Waals surface area contributed by atoms with Gasteiger partial charge in [-0.05, 0) is 43.9 Å². The van der Waals surface area contributed by atoms with Crippen LogP contribution in [0.5, 0.6) is 5.88 Å². The first kappa shape index (κ1) is 21.4. The van der Waals surface area contributed by atoms with E-state index in [1.807, 2.05) is 0 Å². The number of hydrogen-bond acceptors (Lipinski definition) is 6. The number of pyridine rings is 1. The van der Waals surface area contributed by atoms with E-state index in [9.17, 15) is 22.4 Å². The minimum absolute atomic E-state index is 0.0562. The number of fused-ring (bicyclic) bond motifs is 2. The number of benzene rings is 1. The molecule has 1 aromatic carbocycles. The fourth-order valence-electron chi connectivity index (χ4n) is 4.57. The Labute approximate surface area is 185 Å². The molecule has 33 heavy (non-hydrogen) atoms. The monoisotopic (exact) mass is 462 g/mol. The number of alkyl halides is 3. The van der Waals surface area contributed by atoms with Crippen molar-refractivity contribution in [1.29, 1.82) is 0 Å². The van der Waals surface area contributed by atoms with Crippen LogP contribution in [0.3, 0.4) is 0 Å². The summed E-state index contributed by atoms with van der Waals surface area (Å²) in [5, 5.41) is 3.68. The molecular formula is C22H18F4N4O3. The van der Waals surface area contributed by atoms with Crippen LogP contribution in [0.15, 0.2) is 41.1 Å². The SMILES string of the molecule is Cc1noc(-c2c(F)cccc2C(=O)N2C[C@H]3C[C@@H](Oc4ccc(C(F)(F)F)cn4)[C@@H]2C3)n1. The van der Waals surface area contributed by atoms with Crippen molar-refractivity contribution in [2.24, 2.45) is 5.92 Å². The second-order valence-corrected chi connectivity index (χ2v) is 8.21. The van der Waals surface area contributed by atoms with Crippen molar-refractivity contribution in [3.8, 4) is 17.3 Å². The van der Waals surface area contributed by atoms with Gasteiger partial charge in [0.05, 0.1) is 22.7 Å². The quantitative estimate of drug-likeness (QED) is 0.539. The number of carbonyl (C=O) groups is 1. The van der Waals surface area contributed by atoms with Gasteiger partial charge in [-0.1, -0.05) is 11.2 Å². The number of halogens is 4. The number of likely N-dealkylation sites (tertiary alicyclic amines) is 1. The predicted octanol–water partition coefficient (Wildman–Crippen LogP) is 4.28. The van der Waals surface area contributed by atoms with E-state index in [1.165, 1.54) is 24.3 Å². The molecule has 3 atom stereocenters. The summed E-state index contributed by atoms with van der Waals surface area (Å²) in [5.41, 5.74) is -0.833. The Morgan fingerprint density at radius 1 is 1.21 bits per heavy atom. The minimum atomic E-state index is -4.49. The molecule has 1 saturated heterocycles. The first-order valence-electron chi connectivity index (χ1n) is 10.3. The minimum Gasteiger partial charge on any atom is -0.472 e. The lowest BCUT2D eigenvalue weighted by Gasteiger charge is -2.33. The second-order valence-electron chi connectivity index (χ2n) is 8.21. The predicted molar refractivity (Wildman–Crippen MR) is 106 cm³/mol. The van der Waals surface area contributed by atoms with Crippen LogP contribution in [0.1, 0.15) is 34.6 Å². The van der Waals surface area contributed by atoms with Gasteiger partial charge < -0.3 is 14.2 Å². The summed E-state index contributed by atoms with van der Waals surface area (Å²) in [7, 11) is 0. The maximum absolute atomic E-state index is 14.6. The summed E-state index contributed by atoms with van der Waals surface area (Å²) >= 11 is 0. The molecule has 2 fully saturated rings. The van der Waals surface area contributed by atoms with Gasteiger partial charge >= 0.3 is 6.18 Å². The molecule has 172 valence electrons. The molecule has 0 spiro atoms. The molecule has 3 heterocycles. The van der Waals surface area contributed by atoms with Crippen LogP contribution in [0.25, 0.3) is 11.5 Å². The van der Waals surface area contributed by atoms with Crippen LogP contribution in [0.2, 0.25) is 0 Å². The van der Waals surface area contributed by atoms with Crippen molar-refractivity contribution in [2.75, 3.05) is 6.54 Å². The first-order chi connectivity index (χ1) is 15.7. The maximum Gasteiger partial charge on any atom is 0.417 e. The molecule has 2 aromatic heterocycles. The normalized spacial score (nSPS) is 22.1. The van der Waals surface area contributed by atoms with Crippen LogP contribution in [-0.4, -0.2) is 44.6 Å². The number of amides is 1. The third kappa shape index (κ3) is 3.91. The lowest BCUT2D eigenvalue weighted by molar-refractivity contribution is -0.137. The van der Waals surface area contributed by atoms with E-state index in [0.717, 1.165) is 12.3 Å². The highest BCUT2D eigenvalue weighted by Gasteiger charge is 2.49. The van der Waals surface area contributed by atoms with Crippen LogP contribution < -0.4 is 4.74 Å². The summed E-state index contributed by atoms with van der Waals surface area (Å²) < 4.78 is 63.9. The Balaban J connectivity index is 1.38. The highest BCUT2D eigenvalue weighted by Crippen LogP contribution is 2.41. The molecule has 3 aromatic rings. The zero-order chi connectivity index (χ0) is 23.3. The van der Waals surface area contributed by atoms with Crippen LogP contribution in [0.4, 0.5) is 17.6 Å². The van der Waals surface area contributed by atoms with Crippen LogP contribution in [0, 0.1) is 18.7 Å². The Morgan fingerprint density at radius 2 is 2.03 bits per heavy atom. The molecule has 0 radical (unpaired) electrons. The molecule has 11 heteroatoms. The van der Waals surface area contributed by atoms with Gasteiger partial charge in [-0.25, -0.2) is 9.37 Å². The number of nitrogens with zero attached hydrogens (tertiary/aromatic N) is 4. The van der Waals surface area contributed by atoms with Crippen molar-refractivity contribution in [2.45, 2.75) is 38.1 Å². The fourth-order valence-corrected chi connectivity index (χ4v) is 4.57. The van der Waals surface area contributed by atoms with Gasteiger partial charge in [0.2, 0.25) is 5.88 Å². The number of aromatic nitrogens is 3. The maximum atomic E-state index is 14.6. The number of ether oxygens (including phenoxy) is 1. The zero-order valence-corrected chi connectivity index (χ0v) is 17.3. The van der Waals surface area contributed by atoms with Crippen molar-refractivity contribution < 1.29 is 31.6 Å². The van der Waals surface area contributed by atoms with E-state index >= 15 is 0 Å². The number of aryl methyl sites for hydroxylation is 1. The topological polar surface area (TPSA) is 81.4 Å². The van der Waals surface area contributed by atoms with Crippen molar-refractivity contribution >= 4 is 5.91 Å². The molecule has 7 nitrogen and oxygen atoms in total. The smallest absolute Gasteiger partial charge is 0.417 e. The summed E-state index contributed by atoms with van der Waals surface area (Å²) in [5.74, 6) is -0.608. The van der Waals surface area contributed by atoms with Gasteiger partial charge in [0.25, 0.3) is 11.8 Å². The molecule has 1 aliphatic carbocycles. The second kappa shape index (κ2) is 7.82. The van der Waals surface area contributed by atoms with Crippen molar-refractivity contribution in [1.82, 2.24) is 20.0 Å². The van der Waals surface area contributed by atoms with Gasteiger partial charge in [-0.3, -0.25) is 4.79 Å². The summed E-state index contributed by atoms with van der Waals surface area (Å²) in [6.07, 6.45) is -2.87. The highest BCUT2D eigenvalue weighted by molar-refractivity contribution is 6.00. The van der Waals surface area contributed by atoms with Gasteiger partial charge in [-0.2, -0.15) is 18.2 Å². The third-order valence-corrected chi connectivity index (χ3v) is 6.01. The largest absolute Gasteiger partial charge is 0.472 e. The van der Waals surface area contributed by atoms with Crippen LogP contribution >= 0.6 is 0 Å². The van der Waals surface area contributed by atoms with Gasteiger partial charge in [0, 0.05) is 18.8 Å².